The van der Waals surface area contributed by atoms with Gasteiger partial charge in [-0.05, 0) is 26.7 Å². The minimum Gasteiger partial charge on any atom is -0.366 e. The van der Waals surface area contributed by atoms with E-state index in [-0.39, 0.29) is 37.2 Å². The molecule has 0 aromatic heterocycles. The first-order valence-corrected chi connectivity index (χ1v) is 12.0. The summed E-state index contributed by atoms with van der Waals surface area (Å²) in [6, 6.07) is 0. The Bertz CT molecular complexity index is 405. The lowest BCUT2D eigenvalue weighted by atomic mass is 10.1. The van der Waals surface area contributed by atoms with Crippen molar-refractivity contribution in [2.24, 2.45) is 0 Å². The van der Waals surface area contributed by atoms with Gasteiger partial charge in [0.25, 0.3) is 0 Å². The van der Waals surface area contributed by atoms with Gasteiger partial charge in [-0.25, -0.2) is 0 Å². The van der Waals surface area contributed by atoms with Gasteiger partial charge in [0.15, 0.2) is 0 Å². The van der Waals surface area contributed by atoms with Crippen LogP contribution in [0.1, 0.15) is 91.9 Å². The van der Waals surface area contributed by atoms with E-state index >= 15 is 0 Å². The number of hydrogen-bond acceptors (Lipinski definition) is 4. The molecular weight excluding hydrogens is 380 g/mol. The van der Waals surface area contributed by atoms with E-state index in [1.54, 1.807) is 9.80 Å². The Morgan fingerprint density at radius 1 is 0.633 bits per heavy atom. The molecule has 2 amide bonds. The normalized spacial score (nSPS) is 13.1. The van der Waals surface area contributed by atoms with Gasteiger partial charge in [0.05, 0.1) is 12.2 Å². The van der Waals surface area contributed by atoms with Gasteiger partial charge in [-0.2, -0.15) is 0 Å². The Kier molecular flexibility index (Phi) is 17.9. The van der Waals surface area contributed by atoms with Crippen molar-refractivity contribution in [1.82, 2.24) is 9.80 Å². The summed E-state index contributed by atoms with van der Waals surface area (Å²) in [5, 5.41) is 0. The average Bonchev–Trinajstić information content (AvgIpc) is 2.74. The van der Waals surface area contributed by atoms with Crippen molar-refractivity contribution < 1.29 is 19.1 Å². The van der Waals surface area contributed by atoms with Gasteiger partial charge in [-0.3, -0.25) is 9.59 Å². The molecule has 6 heteroatoms. The molecule has 2 atom stereocenters. The van der Waals surface area contributed by atoms with Crippen LogP contribution in [0.5, 0.6) is 0 Å². The summed E-state index contributed by atoms with van der Waals surface area (Å²) in [5.41, 5.74) is 0. The summed E-state index contributed by atoms with van der Waals surface area (Å²) in [7, 11) is 3.65. The highest BCUT2D eigenvalue weighted by molar-refractivity contribution is 5.77. The van der Waals surface area contributed by atoms with Gasteiger partial charge in [-0.15, -0.1) is 0 Å². The molecule has 0 aliphatic carbocycles. The third kappa shape index (κ3) is 14.8. The molecule has 0 rings (SSSR count). The SMILES string of the molecule is CCCCCCCN(C)C(=O)COC(C)C(C)OCC(=O)N(C)CCCCCCC. The molecule has 178 valence electrons. The minimum atomic E-state index is -0.251. The highest BCUT2D eigenvalue weighted by Gasteiger charge is 2.18. The minimum absolute atomic E-state index is 0.0107. The van der Waals surface area contributed by atoms with Crippen molar-refractivity contribution in [3.63, 3.8) is 0 Å². The molecule has 0 aromatic carbocycles. The van der Waals surface area contributed by atoms with Crippen LogP contribution in [0.25, 0.3) is 0 Å². The quantitative estimate of drug-likeness (QED) is 0.281. The Balaban J connectivity index is 3.96. The molecule has 30 heavy (non-hydrogen) atoms. The molecule has 0 bridgehead atoms. The maximum absolute atomic E-state index is 12.2. The van der Waals surface area contributed by atoms with Gasteiger partial charge in [0.1, 0.15) is 13.2 Å². The number of ether oxygens (including phenoxy) is 2. The van der Waals surface area contributed by atoms with E-state index in [1.165, 1.54) is 38.5 Å². The number of carbonyl (C=O) groups excluding carboxylic acids is 2. The van der Waals surface area contributed by atoms with Crippen LogP contribution < -0.4 is 0 Å². The van der Waals surface area contributed by atoms with E-state index in [1.807, 2.05) is 27.9 Å². The van der Waals surface area contributed by atoms with Gasteiger partial charge < -0.3 is 19.3 Å². The molecule has 6 nitrogen and oxygen atoms in total. The largest absolute Gasteiger partial charge is 0.366 e. The topological polar surface area (TPSA) is 59.1 Å². The van der Waals surface area contributed by atoms with E-state index < -0.39 is 0 Å². The first-order chi connectivity index (χ1) is 14.3. The third-order valence-electron chi connectivity index (χ3n) is 5.65. The van der Waals surface area contributed by atoms with E-state index in [9.17, 15) is 9.59 Å². The molecule has 0 heterocycles. The van der Waals surface area contributed by atoms with Crippen LogP contribution in [0.3, 0.4) is 0 Å². The van der Waals surface area contributed by atoms with Gasteiger partial charge in [-0.1, -0.05) is 65.2 Å². The number of hydrogen-bond donors (Lipinski definition) is 0. The zero-order valence-corrected chi connectivity index (χ0v) is 20.6. The van der Waals surface area contributed by atoms with Crippen molar-refractivity contribution in [3.8, 4) is 0 Å². The summed E-state index contributed by atoms with van der Waals surface area (Å²) in [6.45, 7) is 9.79. The average molecular weight is 429 g/mol. The Morgan fingerprint density at radius 3 is 1.30 bits per heavy atom. The first kappa shape index (κ1) is 28.9. The summed E-state index contributed by atoms with van der Waals surface area (Å²) in [4.78, 5) is 27.9. The smallest absolute Gasteiger partial charge is 0.248 e. The van der Waals surface area contributed by atoms with Crippen LogP contribution in [-0.2, 0) is 19.1 Å². The number of unbranched alkanes of at least 4 members (excludes halogenated alkanes) is 8. The number of amides is 2. The predicted octanol–water partition coefficient (Wildman–Crippen LogP) is 4.65. The standard InChI is InChI=1S/C24H48N2O4/c1-7-9-11-13-15-17-25(5)23(27)19-29-21(3)22(4)30-20-24(28)26(6)18-16-14-12-10-8-2/h21-22H,7-20H2,1-6H3. The van der Waals surface area contributed by atoms with Crippen LogP contribution in [0.15, 0.2) is 0 Å². The lowest BCUT2D eigenvalue weighted by Gasteiger charge is -2.24. The molecule has 0 aliphatic rings. The van der Waals surface area contributed by atoms with Gasteiger partial charge in [0, 0.05) is 27.2 Å². The summed E-state index contributed by atoms with van der Waals surface area (Å²) in [5.74, 6) is -0.0214. The first-order valence-electron chi connectivity index (χ1n) is 12.0. The van der Waals surface area contributed by atoms with Crippen molar-refractivity contribution in [2.45, 2.75) is 104 Å². The summed E-state index contributed by atoms with van der Waals surface area (Å²) in [6.07, 6.45) is 11.3. The van der Waals surface area contributed by atoms with Gasteiger partial charge in [0.2, 0.25) is 11.8 Å². The van der Waals surface area contributed by atoms with E-state index in [0.29, 0.717) is 0 Å². The number of likely N-dealkylation sites (N-methyl/N-ethyl adjacent to an activating group) is 2. The fourth-order valence-electron chi connectivity index (χ4n) is 3.05. The second-order valence-electron chi connectivity index (χ2n) is 8.49. The summed E-state index contributed by atoms with van der Waals surface area (Å²) >= 11 is 0. The fraction of sp³-hybridized carbons (Fsp3) is 0.917. The molecule has 0 aromatic rings. The highest BCUT2D eigenvalue weighted by atomic mass is 16.5. The molecular formula is C24H48N2O4. The zero-order valence-electron chi connectivity index (χ0n) is 20.6. The molecule has 0 fully saturated rings. The molecule has 0 N–H and O–H groups in total. The van der Waals surface area contributed by atoms with Crippen LogP contribution in [-0.4, -0.2) is 74.2 Å². The molecule has 2 unspecified atom stereocenters. The highest BCUT2D eigenvalue weighted by Crippen LogP contribution is 2.07. The second kappa shape index (κ2) is 18.6. The molecule has 0 aliphatic heterocycles. The van der Waals surface area contributed by atoms with E-state index in [2.05, 4.69) is 13.8 Å². The van der Waals surface area contributed by atoms with Crippen molar-refractivity contribution >= 4 is 11.8 Å². The monoisotopic (exact) mass is 428 g/mol. The number of nitrogens with zero attached hydrogens (tertiary/aromatic N) is 2. The van der Waals surface area contributed by atoms with Crippen molar-refractivity contribution in [2.75, 3.05) is 40.4 Å². The number of carbonyl (C=O) groups is 2. The van der Waals surface area contributed by atoms with E-state index in [4.69, 9.17) is 9.47 Å². The maximum Gasteiger partial charge on any atom is 0.248 e. The predicted molar refractivity (Wildman–Crippen MR) is 124 cm³/mol. The van der Waals surface area contributed by atoms with Crippen LogP contribution in [0.4, 0.5) is 0 Å². The summed E-state index contributed by atoms with van der Waals surface area (Å²) < 4.78 is 11.4. The molecule has 0 spiro atoms. The van der Waals surface area contributed by atoms with Gasteiger partial charge >= 0.3 is 0 Å². The lowest BCUT2D eigenvalue weighted by Crippen LogP contribution is -2.37. The van der Waals surface area contributed by atoms with Crippen LogP contribution in [0.2, 0.25) is 0 Å². The van der Waals surface area contributed by atoms with Crippen molar-refractivity contribution in [1.29, 1.82) is 0 Å². The Hall–Kier alpha value is -1.14. The molecule has 0 radical (unpaired) electrons. The molecule has 0 saturated heterocycles. The maximum atomic E-state index is 12.2. The van der Waals surface area contributed by atoms with E-state index in [0.717, 1.165) is 38.8 Å². The Morgan fingerprint density at radius 2 is 0.967 bits per heavy atom. The number of rotatable bonds is 19. The Labute approximate surface area is 185 Å². The zero-order chi connectivity index (χ0) is 22.8. The van der Waals surface area contributed by atoms with Crippen molar-refractivity contribution in [3.05, 3.63) is 0 Å². The third-order valence-corrected chi connectivity index (χ3v) is 5.65. The van der Waals surface area contributed by atoms with Crippen LogP contribution in [0, 0.1) is 0 Å². The lowest BCUT2D eigenvalue weighted by molar-refractivity contribution is -0.145. The second-order valence-corrected chi connectivity index (χ2v) is 8.49. The molecule has 0 saturated carbocycles. The fourth-order valence-corrected chi connectivity index (χ4v) is 3.05. The van der Waals surface area contributed by atoms with Crippen LogP contribution >= 0.6 is 0 Å².